The van der Waals surface area contributed by atoms with Crippen molar-refractivity contribution in [2.24, 2.45) is 17.8 Å². The Bertz CT molecular complexity index is 1060. The zero-order valence-corrected chi connectivity index (χ0v) is 20.5. The molecule has 180 valence electrons. The molecule has 5 rings (SSSR count). The van der Waals surface area contributed by atoms with Gasteiger partial charge in [0, 0.05) is 6.42 Å². The normalized spacial score (nSPS) is 21.8. The van der Waals surface area contributed by atoms with Crippen LogP contribution in [0.4, 0.5) is 8.78 Å². The number of hydrogen-bond acceptors (Lipinski definition) is 2. The second-order valence-corrected chi connectivity index (χ2v) is 12.9. The van der Waals surface area contributed by atoms with Crippen LogP contribution in [0.1, 0.15) is 32.1 Å². The van der Waals surface area contributed by atoms with Gasteiger partial charge >= 0.3 is 15.4 Å². The van der Waals surface area contributed by atoms with Crippen molar-refractivity contribution < 1.29 is 21.8 Å². The van der Waals surface area contributed by atoms with Crippen LogP contribution in [0.25, 0.3) is 0 Å². The maximum atomic E-state index is 13.1. The lowest BCUT2D eigenvalue weighted by Gasteiger charge is -2.24. The van der Waals surface area contributed by atoms with Gasteiger partial charge in [-0.1, -0.05) is 97.4 Å². The molecule has 7 heteroatoms. The van der Waals surface area contributed by atoms with Gasteiger partial charge in [-0.3, -0.25) is 4.55 Å². The van der Waals surface area contributed by atoms with Crippen molar-refractivity contribution in [3.05, 3.63) is 91.0 Å². The van der Waals surface area contributed by atoms with Crippen LogP contribution in [0.3, 0.4) is 0 Å². The van der Waals surface area contributed by atoms with Gasteiger partial charge in [0.1, 0.15) is 0 Å². The van der Waals surface area contributed by atoms with Crippen LogP contribution in [0.5, 0.6) is 0 Å². The average Bonchev–Trinajstić information content (AvgIpc) is 3.44. The maximum absolute atomic E-state index is 13.1. The van der Waals surface area contributed by atoms with E-state index < -0.39 is 29.7 Å². The van der Waals surface area contributed by atoms with Gasteiger partial charge in [0.15, 0.2) is 0 Å². The lowest BCUT2D eigenvalue weighted by atomic mass is 9.86. The van der Waals surface area contributed by atoms with Crippen molar-refractivity contribution >= 4 is 34.0 Å². The Morgan fingerprint density at radius 3 is 1.53 bits per heavy atom. The molecule has 0 spiro atoms. The summed E-state index contributed by atoms with van der Waals surface area (Å²) >= 11 is 0. The highest BCUT2D eigenvalue weighted by Crippen LogP contribution is 2.51. The minimum absolute atomic E-state index is 0.235. The van der Waals surface area contributed by atoms with Crippen LogP contribution in [0.15, 0.2) is 91.0 Å². The monoisotopic (exact) mass is 502 g/mol. The van der Waals surface area contributed by atoms with Crippen LogP contribution >= 0.6 is 7.92 Å². The second kappa shape index (κ2) is 10.6. The van der Waals surface area contributed by atoms with Crippen LogP contribution in [0.2, 0.25) is 0 Å². The number of benzene rings is 3. The molecule has 0 aliphatic heterocycles. The van der Waals surface area contributed by atoms with E-state index in [1.165, 1.54) is 15.9 Å². The quantitative estimate of drug-likeness (QED) is 0.346. The lowest BCUT2D eigenvalue weighted by Crippen LogP contribution is -2.32. The highest BCUT2D eigenvalue weighted by molar-refractivity contribution is 7.86. The summed E-state index contributed by atoms with van der Waals surface area (Å²) in [5.74, 6) is 0.500. The number of halogens is 2. The summed E-state index contributed by atoms with van der Waals surface area (Å²) in [6, 6.07) is 32.3. The van der Waals surface area contributed by atoms with E-state index in [9.17, 15) is 17.2 Å². The van der Waals surface area contributed by atoms with Crippen LogP contribution in [-0.4, -0.2) is 18.2 Å². The highest BCUT2D eigenvalue weighted by atomic mass is 32.2. The fourth-order valence-corrected chi connectivity index (χ4v) is 7.95. The first kappa shape index (κ1) is 25.0. The summed E-state index contributed by atoms with van der Waals surface area (Å²) in [6.45, 7) is 0. The molecule has 3 aromatic rings. The first-order valence-electron chi connectivity index (χ1n) is 11.5. The minimum atomic E-state index is -5.24. The zero-order valence-electron chi connectivity index (χ0n) is 18.8. The summed E-state index contributed by atoms with van der Waals surface area (Å²) in [7, 11) is -5.69. The summed E-state index contributed by atoms with van der Waals surface area (Å²) in [5.41, 5.74) is 0. The highest BCUT2D eigenvalue weighted by Gasteiger charge is 2.50. The number of hydrogen-bond donors (Lipinski definition) is 1. The SMILES string of the molecule is O=S(=O)(O)C(F)(F)CC1CC2CCC1C2.c1ccc(P(c2ccccc2)c2ccccc2)cc1. The van der Waals surface area contributed by atoms with Crippen LogP contribution in [-0.2, 0) is 10.1 Å². The molecule has 3 nitrogen and oxygen atoms in total. The number of rotatable bonds is 6. The molecule has 0 saturated heterocycles. The molecule has 2 aliphatic rings. The van der Waals surface area contributed by atoms with Crippen LogP contribution < -0.4 is 15.9 Å². The van der Waals surface area contributed by atoms with Crippen LogP contribution in [0, 0.1) is 17.8 Å². The van der Waals surface area contributed by atoms with E-state index in [0.29, 0.717) is 12.3 Å². The van der Waals surface area contributed by atoms with Gasteiger partial charge in [0.2, 0.25) is 0 Å². The zero-order chi connectivity index (χ0) is 24.2. The molecule has 0 amide bonds. The molecule has 2 aliphatic carbocycles. The standard InChI is InChI=1S/C18H15P.C9H14F2O3S/c1-4-10-16(11-5-1)19(17-12-6-2-7-13-17)18-14-8-3-9-15-18;10-9(11,15(12,13)14)5-8-4-6-1-2-7(8)3-6/h1-15H;6-8H,1-5H2,(H,12,13,14). The smallest absolute Gasteiger partial charge is 0.281 e. The fraction of sp³-hybridized carbons (Fsp3) is 0.333. The Morgan fingerprint density at radius 1 is 0.765 bits per heavy atom. The van der Waals surface area contributed by atoms with Crippen molar-refractivity contribution in [3.8, 4) is 0 Å². The summed E-state index contributed by atoms with van der Waals surface area (Å²) < 4.78 is 55.4. The third-order valence-corrected chi connectivity index (χ3v) is 10.2. The van der Waals surface area contributed by atoms with Crippen molar-refractivity contribution in [2.75, 3.05) is 0 Å². The first-order chi connectivity index (χ1) is 16.2. The number of fused-ring (bicyclic) bond motifs is 2. The van der Waals surface area contributed by atoms with Gasteiger partial charge in [-0.25, -0.2) is 0 Å². The maximum Gasteiger partial charge on any atom is 0.370 e. The predicted molar refractivity (Wildman–Crippen MR) is 135 cm³/mol. The third-order valence-electron chi connectivity index (χ3n) is 6.80. The molecule has 0 heterocycles. The van der Waals surface area contributed by atoms with E-state index in [2.05, 4.69) is 91.0 Å². The Balaban J connectivity index is 0.000000166. The molecule has 3 aromatic carbocycles. The molecule has 0 radical (unpaired) electrons. The number of alkyl halides is 2. The molecule has 2 fully saturated rings. The van der Waals surface area contributed by atoms with E-state index in [4.69, 9.17) is 4.55 Å². The Morgan fingerprint density at radius 2 is 1.21 bits per heavy atom. The van der Waals surface area contributed by atoms with Gasteiger partial charge in [-0.2, -0.15) is 17.2 Å². The van der Waals surface area contributed by atoms with Crippen molar-refractivity contribution in [1.29, 1.82) is 0 Å². The molecular formula is C27H29F2O3PS. The molecule has 34 heavy (non-hydrogen) atoms. The third kappa shape index (κ3) is 5.91. The van der Waals surface area contributed by atoms with Crippen molar-refractivity contribution in [3.63, 3.8) is 0 Å². The van der Waals surface area contributed by atoms with Gasteiger partial charge in [0.05, 0.1) is 0 Å². The fourth-order valence-electron chi connectivity index (χ4n) is 5.22. The van der Waals surface area contributed by atoms with E-state index in [0.717, 1.165) is 19.3 Å². The topological polar surface area (TPSA) is 54.4 Å². The molecule has 2 saturated carbocycles. The largest absolute Gasteiger partial charge is 0.370 e. The molecule has 1 N–H and O–H groups in total. The van der Waals surface area contributed by atoms with Gasteiger partial charge in [-0.05, 0) is 60.9 Å². The van der Waals surface area contributed by atoms with E-state index in [1.807, 2.05) is 0 Å². The van der Waals surface area contributed by atoms with Crippen molar-refractivity contribution in [2.45, 2.75) is 37.4 Å². The molecule has 2 bridgehead atoms. The van der Waals surface area contributed by atoms with Gasteiger partial charge < -0.3 is 0 Å². The summed E-state index contributed by atoms with van der Waals surface area (Å²) in [6.07, 6.45) is 2.94. The molecular weight excluding hydrogens is 473 g/mol. The lowest BCUT2D eigenvalue weighted by molar-refractivity contribution is 0.0423. The Labute approximate surface area is 201 Å². The van der Waals surface area contributed by atoms with E-state index >= 15 is 0 Å². The van der Waals surface area contributed by atoms with Gasteiger partial charge in [0.25, 0.3) is 0 Å². The van der Waals surface area contributed by atoms with E-state index in [1.54, 1.807) is 0 Å². The van der Waals surface area contributed by atoms with E-state index in [-0.39, 0.29) is 11.8 Å². The molecule has 0 aromatic heterocycles. The average molecular weight is 503 g/mol. The Kier molecular flexibility index (Phi) is 7.81. The van der Waals surface area contributed by atoms with Crippen molar-refractivity contribution in [1.82, 2.24) is 0 Å². The summed E-state index contributed by atoms with van der Waals surface area (Å²) in [5, 5.41) is 0.224. The molecule has 3 unspecified atom stereocenters. The molecule has 3 atom stereocenters. The Hall–Kier alpha value is -2.14. The summed E-state index contributed by atoms with van der Waals surface area (Å²) in [4.78, 5) is 0. The first-order valence-corrected chi connectivity index (χ1v) is 14.3. The second-order valence-electron chi connectivity index (χ2n) is 9.09. The predicted octanol–water partition coefficient (Wildman–Crippen LogP) is 5.74. The minimum Gasteiger partial charge on any atom is -0.281 e. The van der Waals surface area contributed by atoms with Gasteiger partial charge in [-0.15, -0.1) is 0 Å².